The first kappa shape index (κ1) is 19.2. The Bertz CT molecular complexity index is 1050. The summed E-state index contributed by atoms with van der Waals surface area (Å²) in [6, 6.07) is 17.5. The van der Waals surface area contributed by atoms with Crippen LogP contribution in [-0.2, 0) is 11.0 Å². The van der Waals surface area contributed by atoms with E-state index in [0.717, 1.165) is 0 Å². The van der Waals surface area contributed by atoms with Gasteiger partial charge < -0.3 is 15.1 Å². The number of aromatic carboxylic acids is 1. The first-order chi connectivity index (χ1) is 13.4. The molecule has 0 bridgehead atoms. The molecule has 6 nitrogen and oxygen atoms in total. The molecule has 3 aromatic rings. The number of anilines is 2. The van der Waals surface area contributed by atoms with Crippen LogP contribution in [0, 0.1) is 5.82 Å². The lowest BCUT2D eigenvalue weighted by Gasteiger charge is -2.09. The summed E-state index contributed by atoms with van der Waals surface area (Å²) < 4.78 is 28.1. The number of nitrogens with one attached hydrogen (secondary N) is 2. The average molecular weight is 398 g/mol. The van der Waals surface area contributed by atoms with E-state index in [4.69, 9.17) is 5.11 Å². The highest BCUT2D eigenvalue weighted by Crippen LogP contribution is 2.17. The fourth-order valence-corrected chi connectivity index (χ4v) is 3.27. The van der Waals surface area contributed by atoms with Crippen LogP contribution in [0.25, 0.3) is 0 Å². The number of benzene rings is 3. The summed E-state index contributed by atoms with van der Waals surface area (Å²) in [5.41, 5.74) is 1.12. The topological polar surface area (TPSA) is 95.5 Å². The van der Waals surface area contributed by atoms with Gasteiger partial charge >= 0.3 is 5.97 Å². The van der Waals surface area contributed by atoms with Crippen molar-refractivity contribution in [2.24, 2.45) is 0 Å². The second-order valence-electron chi connectivity index (χ2n) is 5.75. The number of carbonyl (C=O) groups excluding carboxylic acids is 1. The molecule has 28 heavy (non-hydrogen) atoms. The normalized spacial score (nSPS) is 11.5. The molecule has 0 aliphatic rings. The van der Waals surface area contributed by atoms with Crippen LogP contribution in [0.3, 0.4) is 0 Å². The molecule has 0 spiro atoms. The molecule has 0 saturated heterocycles. The molecular weight excluding hydrogens is 383 g/mol. The summed E-state index contributed by atoms with van der Waals surface area (Å²) in [5, 5.41) is 11.6. The van der Waals surface area contributed by atoms with Crippen LogP contribution in [0.4, 0.5) is 15.8 Å². The number of hydrogen-bond acceptors (Lipinski definition) is 3. The first-order valence-corrected chi connectivity index (χ1v) is 9.26. The van der Waals surface area contributed by atoms with E-state index in [1.54, 1.807) is 24.3 Å². The number of halogens is 1. The van der Waals surface area contributed by atoms with Crippen LogP contribution in [0.5, 0.6) is 0 Å². The van der Waals surface area contributed by atoms with Gasteiger partial charge in [-0.15, -0.1) is 0 Å². The number of carbonyl (C=O) groups is 2. The maximum Gasteiger partial charge on any atom is 0.335 e. The Morgan fingerprint density at radius 1 is 0.857 bits per heavy atom. The van der Waals surface area contributed by atoms with Crippen molar-refractivity contribution < 1.29 is 23.3 Å². The van der Waals surface area contributed by atoms with Gasteiger partial charge in [-0.25, -0.2) is 13.4 Å². The number of hydrogen-bond donors (Lipinski definition) is 3. The molecule has 3 rings (SSSR count). The molecule has 0 saturated carbocycles. The van der Waals surface area contributed by atoms with Gasteiger partial charge in [0.1, 0.15) is 16.8 Å². The van der Waals surface area contributed by atoms with Gasteiger partial charge in [-0.05, 0) is 60.7 Å². The molecule has 1 unspecified atom stereocenters. The number of carboxylic acid groups (broad SMARTS) is 1. The minimum absolute atomic E-state index is 0.0520. The molecule has 1 atom stereocenters. The van der Waals surface area contributed by atoms with E-state index in [-0.39, 0.29) is 11.1 Å². The van der Waals surface area contributed by atoms with Crippen molar-refractivity contribution in [3.05, 3.63) is 89.7 Å². The smallest absolute Gasteiger partial charge is 0.335 e. The molecule has 0 aliphatic carbocycles. The quantitative estimate of drug-likeness (QED) is 0.587. The van der Waals surface area contributed by atoms with Crippen molar-refractivity contribution >= 4 is 34.2 Å². The molecule has 0 heterocycles. The lowest BCUT2D eigenvalue weighted by molar-refractivity contribution is 0.0696. The zero-order valence-electron chi connectivity index (χ0n) is 14.4. The van der Waals surface area contributed by atoms with E-state index >= 15 is 0 Å². The Morgan fingerprint density at radius 2 is 1.54 bits per heavy atom. The fourth-order valence-electron chi connectivity index (χ4n) is 2.37. The molecule has 3 aromatic carbocycles. The van der Waals surface area contributed by atoms with Gasteiger partial charge in [-0.3, -0.25) is 4.79 Å². The summed E-state index contributed by atoms with van der Waals surface area (Å²) in [6.45, 7) is 0. The summed E-state index contributed by atoms with van der Waals surface area (Å²) in [4.78, 5) is 23.8. The zero-order valence-corrected chi connectivity index (χ0v) is 15.2. The van der Waals surface area contributed by atoms with Crippen LogP contribution in [0.2, 0.25) is 0 Å². The second kappa shape index (κ2) is 8.45. The number of carboxylic acids is 1. The predicted molar refractivity (Wildman–Crippen MR) is 104 cm³/mol. The van der Waals surface area contributed by atoms with Crippen molar-refractivity contribution in [3.8, 4) is 0 Å². The van der Waals surface area contributed by atoms with Crippen LogP contribution >= 0.6 is 0 Å². The summed E-state index contributed by atoms with van der Waals surface area (Å²) in [6.07, 6.45) is 0. The zero-order chi connectivity index (χ0) is 20.1. The minimum Gasteiger partial charge on any atom is -0.478 e. The van der Waals surface area contributed by atoms with Crippen LogP contribution in [-0.4, -0.2) is 21.2 Å². The lowest BCUT2D eigenvalue weighted by Crippen LogP contribution is -2.13. The summed E-state index contributed by atoms with van der Waals surface area (Å²) in [5.74, 6) is -1.97. The standard InChI is InChI=1S/C20H15FN2O4S/c21-15-7-9-16(10-8-15)23-28(27)18-6-2-3-13(12-18)19(24)22-17-5-1-4-14(11-17)20(25)26/h1-12,23H,(H,22,24)(H,25,26). The second-order valence-corrected chi connectivity index (χ2v) is 6.96. The Labute approximate surface area is 162 Å². The summed E-state index contributed by atoms with van der Waals surface area (Å²) >= 11 is 0. The van der Waals surface area contributed by atoms with Gasteiger partial charge in [-0.2, -0.15) is 0 Å². The van der Waals surface area contributed by atoms with Crippen molar-refractivity contribution in [1.29, 1.82) is 0 Å². The van der Waals surface area contributed by atoms with E-state index in [0.29, 0.717) is 16.3 Å². The average Bonchev–Trinajstić information content (AvgIpc) is 2.70. The van der Waals surface area contributed by atoms with E-state index < -0.39 is 28.7 Å². The number of rotatable bonds is 6. The lowest BCUT2D eigenvalue weighted by atomic mass is 10.2. The SMILES string of the molecule is O=C(O)c1cccc(NC(=O)c2cccc(S(=O)Nc3ccc(F)cc3)c2)c1. The van der Waals surface area contributed by atoms with Crippen molar-refractivity contribution in [2.75, 3.05) is 10.0 Å². The fraction of sp³-hybridized carbons (Fsp3) is 0. The van der Waals surface area contributed by atoms with Crippen LogP contribution in [0.1, 0.15) is 20.7 Å². The van der Waals surface area contributed by atoms with Gasteiger partial charge in [0.15, 0.2) is 0 Å². The third kappa shape index (κ3) is 4.80. The maximum atomic E-state index is 13.0. The van der Waals surface area contributed by atoms with E-state index in [2.05, 4.69) is 10.0 Å². The van der Waals surface area contributed by atoms with Crippen molar-refractivity contribution in [1.82, 2.24) is 0 Å². The molecule has 0 radical (unpaired) electrons. The van der Waals surface area contributed by atoms with E-state index in [9.17, 15) is 18.2 Å². The van der Waals surface area contributed by atoms with Gasteiger partial charge in [0, 0.05) is 16.9 Å². The molecule has 0 aliphatic heterocycles. The van der Waals surface area contributed by atoms with Gasteiger partial charge in [0.25, 0.3) is 5.91 Å². The highest BCUT2D eigenvalue weighted by atomic mass is 32.2. The van der Waals surface area contributed by atoms with Gasteiger partial charge in [-0.1, -0.05) is 12.1 Å². The molecule has 0 aromatic heterocycles. The Hall–Kier alpha value is -3.52. The minimum atomic E-state index is -1.65. The van der Waals surface area contributed by atoms with Crippen molar-refractivity contribution in [2.45, 2.75) is 4.90 Å². The molecule has 3 N–H and O–H groups in total. The Kier molecular flexibility index (Phi) is 5.81. The van der Waals surface area contributed by atoms with Crippen molar-refractivity contribution in [3.63, 3.8) is 0 Å². The molecule has 1 amide bonds. The molecule has 142 valence electrons. The molecule has 0 fully saturated rings. The highest BCUT2D eigenvalue weighted by Gasteiger charge is 2.11. The van der Waals surface area contributed by atoms with Crippen LogP contribution in [0.15, 0.2) is 77.7 Å². The van der Waals surface area contributed by atoms with E-state index in [1.165, 1.54) is 48.5 Å². The van der Waals surface area contributed by atoms with Crippen LogP contribution < -0.4 is 10.0 Å². The molecule has 8 heteroatoms. The van der Waals surface area contributed by atoms with E-state index in [1.807, 2.05) is 0 Å². The first-order valence-electron chi connectivity index (χ1n) is 8.11. The number of amides is 1. The Balaban J connectivity index is 1.74. The predicted octanol–water partition coefficient (Wildman–Crippen LogP) is 3.91. The maximum absolute atomic E-state index is 13.0. The summed E-state index contributed by atoms with van der Waals surface area (Å²) in [7, 11) is -1.65. The van der Waals surface area contributed by atoms with Gasteiger partial charge in [0.2, 0.25) is 0 Å². The largest absolute Gasteiger partial charge is 0.478 e. The third-order valence-electron chi connectivity index (χ3n) is 3.73. The monoisotopic (exact) mass is 398 g/mol. The third-order valence-corrected chi connectivity index (χ3v) is 4.84. The van der Waals surface area contributed by atoms with Gasteiger partial charge in [0.05, 0.1) is 10.5 Å². The highest BCUT2D eigenvalue weighted by molar-refractivity contribution is 7.86. The Morgan fingerprint density at radius 3 is 2.25 bits per heavy atom. The molecular formula is C20H15FN2O4S.